The van der Waals surface area contributed by atoms with E-state index in [4.69, 9.17) is 0 Å². The molecule has 1 aliphatic heterocycles. The number of nitrogens with one attached hydrogen (secondary N) is 2. The third-order valence-electron chi connectivity index (χ3n) is 3.76. The highest BCUT2D eigenvalue weighted by Gasteiger charge is 2.25. The van der Waals surface area contributed by atoms with Crippen LogP contribution in [0.4, 0.5) is 11.5 Å². The molecule has 1 aromatic heterocycles. The van der Waals surface area contributed by atoms with Crippen LogP contribution in [0.1, 0.15) is 19.0 Å². The molecule has 1 fully saturated rings. The van der Waals surface area contributed by atoms with Gasteiger partial charge in [0.1, 0.15) is 5.69 Å². The number of aromatic nitrogens is 2. The Balaban J connectivity index is 1.87. The molecule has 1 aromatic rings. The molecule has 8 heteroatoms. The standard InChI is InChI=1S/C13H24N6O2/c1-3-11-12(19(20)21)13(17(2)16-11)15-5-4-8-18-9-6-14-7-10-18/h14-15H,3-10H2,1-2H3. The zero-order valence-corrected chi connectivity index (χ0v) is 12.8. The summed E-state index contributed by atoms with van der Waals surface area (Å²) in [7, 11) is 1.74. The smallest absolute Gasteiger partial charge is 0.333 e. The summed E-state index contributed by atoms with van der Waals surface area (Å²) in [4.78, 5) is 13.3. The second-order valence-electron chi connectivity index (χ2n) is 5.25. The van der Waals surface area contributed by atoms with E-state index < -0.39 is 0 Å². The van der Waals surface area contributed by atoms with Gasteiger partial charge in [0, 0.05) is 39.8 Å². The lowest BCUT2D eigenvalue weighted by atomic mass is 10.3. The van der Waals surface area contributed by atoms with Crippen molar-refractivity contribution in [3.05, 3.63) is 15.8 Å². The summed E-state index contributed by atoms with van der Waals surface area (Å²) in [6.45, 7) is 7.84. The fraction of sp³-hybridized carbons (Fsp3) is 0.769. The molecule has 0 atom stereocenters. The topological polar surface area (TPSA) is 88.3 Å². The van der Waals surface area contributed by atoms with Crippen molar-refractivity contribution in [2.24, 2.45) is 7.05 Å². The number of piperazine rings is 1. The summed E-state index contributed by atoms with van der Waals surface area (Å²) in [5.74, 6) is 0.511. The predicted molar refractivity (Wildman–Crippen MR) is 81.7 cm³/mol. The second kappa shape index (κ2) is 7.37. The first kappa shape index (κ1) is 15.7. The van der Waals surface area contributed by atoms with Crippen molar-refractivity contribution in [3.63, 3.8) is 0 Å². The Morgan fingerprint density at radius 1 is 1.43 bits per heavy atom. The Morgan fingerprint density at radius 3 is 2.76 bits per heavy atom. The summed E-state index contributed by atoms with van der Waals surface area (Å²) in [5.41, 5.74) is 0.647. The van der Waals surface area contributed by atoms with Crippen LogP contribution in [0.15, 0.2) is 0 Å². The van der Waals surface area contributed by atoms with Crippen LogP contribution in [-0.2, 0) is 13.5 Å². The van der Waals surface area contributed by atoms with Crippen molar-refractivity contribution < 1.29 is 4.92 Å². The number of anilines is 1. The van der Waals surface area contributed by atoms with Crippen molar-refractivity contribution in [2.75, 3.05) is 44.6 Å². The van der Waals surface area contributed by atoms with Gasteiger partial charge in [-0.05, 0) is 19.4 Å². The van der Waals surface area contributed by atoms with Crippen LogP contribution in [-0.4, -0.2) is 58.9 Å². The van der Waals surface area contributed by atoms with Gasteiger partial charge >= 0.3 is 5.69 Å². The van der Waals surface area contributed by atoms with Crippen LogP contribution in [0.2, 0.25) is 0 Å². The molecule has 1 aliphatic rings. The molecule has 1 saturated heterocycles. The highest BCUT2D eigenvalue weighted by Crippen LogP contribution is 2.28. The first-order valence-electron chi connectivity index (χ1n) is 7.50. The van der Waals surface area contributed by atoms with Gasteiger partial charge in [0.15, 0.2) is 0 Å². The third-order valence-corrected chi connectivity index (χ3v) is 3.76. The van der Waals surface area contributed by atoms with Gasteiger partial charge in [-0.2, -0.15) is 5.10 Å². The SMILES string of the molecule is CCc1nn(C)c(NCCCN2CCNCC2)c1[N+](=O)[O-]. The maximum atomic E-state index is 11.2. The lowest BCUT2D eigenvalue weighted by Crippen LogP contribution is -2.44. The lowest BCUT2D eigenvalue weighted by Gasteiger charge is -2.27. The van der Waals surface area contributed by atoms with Gasteiger partial charge in [-0.1, -0.05) is 6.92 Å². The first-order valence-corrected chi connectivity index (χ1v) is 7.50. The minimum atomic E-state index is -0.343. The van der Waals surface area contributed by atoms with Gasteiger partial charge < -0.3 is 15.5 Å². The van der Waals surface area contributed by atoms with E-state index in [1.165, 1.54) is 0 Å². The molecule has 21 heavy (non-hydrogen) atoms. The molecule has 0 spiro atoms. The predicted octanol–water partition coefficient (Wildman–Crippen LogP) is 0.598. The fourth-order valence-electron chi connectivity index (χ4n) is 2.64. The lowest BCUT2D eigenvalue weighted by molar-refractivity contribution is -0.384. The van der Waals surface area contributed by atoms with E-state index in [1.807, 2.05) is 6.92 Å². The Kier molecular flexibility index (Phi) is 5.51. The first-order chi connectivity index (χ1) is 10.1. The zero-order chi connectivity index (χ0) is 15.2. The Morgan fingerprint density at radius 2 is 2.14 bits per heavy atom. The molecular weight excluding hydrogens is 272 g/mol. The van der Waals surface area contributed by atoms with Gasteiger partial charge in [-0.3, -0.25) is 10.1 Å². The molecule has 0 amide bonds. The average Bonchev–Trinajstić information content (AvgIpc) is 2.81. The molecule has 0 unspecified atom stereocenters. The molecule has 0 radical (unpaired) electrons. The number of aryl methyl sites for hydroxylation is 2. The Bertz CT molecular complexity index is 481. The van der Waals surface area contributed by atoms with Gasteiger partial charge in [0.05, 0.1) is 4.92 Å². The second-order valence-corrected chi connectivity index (χ2v) is 5.25. The van der Waals surface area contributed by atoms with Crippen LogP contribution < -0.4 is 10.6 Å². The quantitative estimate of drug-likeness (QED) is 0.435. The molecule has 2 rings (SSSR count). The normalized spacial score (nSPS) is 16.1. The molecule has 118 valence electrons. The summed E-state index contributed by atoms with van der Waals surface area (Å²) < 4.78 is 1.57. The Labute approximate surface area is 124 Å². The largest absolute Gasteiger partial charge is 0.364 e. The minimum Gasteiger partial charge on any atom is -0.364 e. The van der Waals surface area contributed by atoms with Crippen LogP contribution >= 0.6 is 0 Å². The van der Waals surface area contributed by atoms with Crippen molar-refractivity contribution >= 4 is 11.5 Å². The number of hydrogen-bond acceptors (Lipinski definition) is 6. The van der Waals surface area contributed by atoms with Crippen molar-refractivity contribution in [1.29, 1.82) is 0 Å². The van der Waals surface area contributed by atoms with E-state index in [0.29, 0.717) is 24.5 Å². The number of rotatable bonds is 7. The molecule has 2 heterocycles. The van der Waals surface area contributed by atoms with Crippen molar-refractivity contribution in [3.8, 4) is 0 Å². The van der Waals surface area contributed by atoms with E-state index in [0.717, 1.165) is 39.1 Å². The van der Waals surface area contributed by atoms with Crippen LogP contribution in [0.5, 0.6) is 0 Å². The molecular formula is C13H24N6O2. The minimum absolute atomic E-state index is 0.113. The van der Waals surface area contributed by atoms with Gasteiger partial charge in [-0.15, -0.1) is 0 Å². The fourth-order valence-corrected chi connectivity index (χ4v) is 2.64. The monoisotopic (exact) mass is 296 g/mol. The van der Waals surface area contributed by atoms with Crippen LogP contribution in [0.3, 0.4) is 0 Å². The molecule has 0 aromatic carbocycles. The maximum absolute atomic E-state index is 11.2. The Hall–Kier alpha value is -1.67. The highest BCUT2D eigenvalue weighted by atomic mass is 16.6. The van der Waals surface area contributed by atoms with E-state index >= 15 is 0 Å². The van der Waals surface area contributed by atoms with Gasteiger partial charge in [-0.25, -0.2) is 4.68 Å². The summed E-state index contributed by atoms with van der Waals surface area (Å²) in [6.07, 6.45) is 1.52. The molecule has 8 nitrogen and oxygen atoms in total. The van der Waals surface area contributed by atoms with Crippen LogP contribution in [0.25, 0.3) is 0 Å². The van der Waals surface area contributed by atoms with Crippen molar-refractivity contribution in [2.45, 2.75) is 19.8 Å². The third kappa shape index (κ3) is 3.92. The summed E-state index contributed by atoms with van der Waals surface area (Å²) >= 11 is 0. The van der Waals surface area contributed by atoms with E-state index in [2.05, 4.69) is 20.6 Å². The average molecular weight is 296 g/mol. The summed E-state index contributed by atoms with van der Waals surface area (Å²) in [6, 6.07) is 0. The number of hydrogen-bond donors (Lipinski definition) is 2. The zero-order valence-electron chi connectivity index (χ0n) is 12.8. The maximum Gasteiger partial charge on any atom is 0.333 e. The number of nitro groups is 1. The van der Waals surface area contributed by atoms with Gasteiger partial charge in [0.2, 0.25) is 5.82 Å². The van der Waals surface area contributed by atoms with E-state index in [9.17, 15) is 10.1 Å². The van der Waals surface area contributed by atoms with E-state index in [-0.39, 0.29) is 10.6 Å². The highest BCUT2D eigenvalue weighted by molar-refractivity contribution is 5.59. The number of nitrogens with zero attached hydrogens (tertiary/aromatic N) is 4. The molecule has 0 saturated carbocycles. The van der Waals surface area contributed by atoms with Crippen LogP contribution in [0, 0.1) is 10.1 Å². The summed E-state index contributed by atoms with van der Waals surface area (Å²) in [5, 5.41) is 21.9. The van der Waals surface area contributed by atoms with E-state index in [1.54, 1.807) is 11.7 Å². The molecule has 0 bridgehead atoms. The molecule has 0 aliphatic carbocycles. The van der Waals surface area contributed by atoms with Gasteiger partial charge in [0.25, 0.3) is 0 Å². The molecule has 2 N–H and O–H groups in total. The van der Waals surface area contributed by atoms with Crippen molar-refractivity contribution in [1.82, 2.24) is 20.0 Å².